The van der Waals surface area contributed by atoms with Crippen LogP contribution in [0, 0.1) is 5.41 Å². The number of carbonyl (C=O) groups excluding carboxylic acids is 1. The molecule has 0 N–H and O–H groups in total. The van der Waals surface area contributed by atoms with Crippen molar-refractivity contribution in [1.82, 2.24) is 14.8 Å². The minimum Gasteiger partial charge on any atom is -0.305 e. The number of aromatic nitrogens is 3. The van der Waals surface area contributed by atoms with E-state index in [0.29, 0.717) is 5.75 Å². The molecular formula is C15H18BrN3OS. The Labute approximate surface area is 137 Å². The second-order valence-electron chi connectivity index (χ2n) is 5.81. The molecule has 6 heteroatoms. The molecule has 21 heavy (non-hydrogen) atoms. The number of thioether (sulfide) groups is 1. The van der Waals surface area contributed by atoms with Crippen molar-refractivity contribution in [3.05, 3.63) is 28.7 Å². The maximum atomic E-state index is 12.0. The minimum atomic E-state index is -0.323. The van der Waals surface area contributed by atoms with Gasteiger partial charge in [-0.15, -0.1) is 10.2 Å². The zero-order chi connectivity index (χ0) is 15.6. The second-order valence-corrected chi connectivity index (χ2v) is 7.60. The molecule has 4 nitrogen and oxygen atoms in total. The van der Waals surface area contributed by atoms with Crippen LogP contribution in [0.3, 0.4) is 0 Å². The average molecular weight is 368 g/mol. The lowest BCUT2D eigenvalue weighted by Gasteiger charge is -2.15. The molecule has 0 amide bonds. The lowest BCUT2D eigenvalue weighted by atomic mass is 9.92. The van der Waals surface area contributed by atoms with Gasteiger partial charge in [-0.3, -0.25) is 4.79 Å². The summed E-state index contributed by atoms with van der Waals surface area (Å²) in [7, 11) is 1.92. The fourth-order valence-electron chi connectivity index (χ4n) is 1.66. The quantitative estimate of drug-likeness (QED) is 0.767. The van der Waals surface area contributed by atoms with Crippen LogP contribution in [0.15, 0.2) is 33.9 Å². The third-order valence-corrected chi connectivity index (χ3v) is 4.83. The molecule has 1 aromatic heterocycles. The fraction of sp³-hybridized carbons (Fsp3) is 0.400. The van der Waals surface area contributed by atoms with Crippen molar-refractivity contribution in [2.24, 2.45) is 12.5 Å². The standard InChI is InChI=1S/C15H18BrN3OS/c1-15(2,3)12(20)9-21-14-18-17-13(19(14)4)10-7-5-6-8-11(10)16/h5-8H,9H2,1-4H3. The van der Waals surface area contributed by atoms with Crippen molar-refractivity contribution in [2.75, 3.05) is 5.75 Å². The number of Topliss-reactive ketones (excluding diaryl/α,β-unsaturated/α-hetero) is 1. The van der Waals surface area contributed by atoms with E-state index in [4.69, 9.17) is 0 Å². The van der Waals surface area contributed by atoms with Crippen LogP contribution in [0.2, 0.25) is 0 Å². The van der Waals surface area contributed by atoms with Gasteiger partial charge in [0.05, 0.1) is 5.75 Å². The summed E-state index contributed by atoms with van der Waals surface area (Å²) in [5, 5.41) is 9.18. The van der Waals surface area contributed by atoms with Crippen LogP contribution >= 0.6 is 27.7 Å². The Morgan fingerprint density at radius 1 is 1.29 bits per heavy atom. The highest BCUT2D eigenvalue weighted by Crippen LogP contribution is 2.29. The van der Waals surface area contributed by atoms with Crippen LogP contribution in [0.4, 0.5) is 0 Å². The maximum Gasteiger partial charge on any atom is 0.191 e. The topological polar surface area (TPSA) is 47.8 Å². The summed E-state index contributed by atoms with van der Waals surface area (Å²) in [6.45, 7) is 5.79. The largest absolute Gasteiger partial charge is 0.305 e. The Bertz CT molecular complexity index is 661. The Balaban J connectivity index is 2.19. The molecule has 0 aliphatic rings. The first-order chi connectivity index (χ1) is 9.80. The Kier molecular flexibility index (Phi) is 4.88. The molecule has 0 saturated heterocycles. The van der Waals surface area contributed by atoms with E-state index >= 15 is 0 Å². The molecule has 0 atom stereocenters. The highest BCUT2D eigenvalue weighted by molar-refractivity contribution is 9.10. The zero-order valence-electron chi connectivity index (χ0n) is 12.6. The number of hydrogen-bond donors (Lipinski definition) is 0. The fourth-order valence-corrected chi connectivity index (χ4v) is 3.20. The smallest absolute Gasteiger partial charge is 0.191 e. The molecule has 112 valence electrons. The van der Waals surface area contributed by atoms with Crippen LogP contribution in [-0.4, -0.2) is 26.3 Å². The molecule has 2 aromatic rings. The van der Waals surface area contributed by atoms with Gasteiger partial charge in [-0.1, -0.05) is 66.7 Å². The van der Waals surface area contributed by atoms with Gasteiger partial charge in [0, 0.05) is 22.5 Å². The molecule has 0 radical (unpaired) electrons. The van der Waals surface area contributed by atoms with E-state index in [0.717, 1.165) is 21.0 Å². The summed E-state index contributed by atoms with van der Waals surface area (Å²) < 4.78 is 2.89. The van der Waals surface area contributed by atoms with E-state index in [9.17, 15) is 4.79 Å². The summed E-state index contributed by atoms with van der Waals surface area (Å²) in [6.07, 6.45) is 0. The van der Waals surface area contributed by atoms with Crippen molar-refractivity contribution < 1.29 is 4.79 Å². The molecule has 1 aromatic carbocycles. The summed E-state index contributed by atoms with van der Waals surface area (Å²) in [5.41, 5.74) is 0.665. The van der Waals surface area contributed by atoms with E-state index in [1.165, 1.54) is 11.8 Å². The van der Waals surface area contributed by atoms with Crippen molar-refractivity contribution in [2.45, 2.75) is 25.9 Å². The number of carbonyl (C=O) groups is 1. The van der Waals surface area contributed by atoms with Gasteiger partial charge in [-0.2, -0.15) is 0 Å². The van der Waals surface area contributed by atoms with Crippen LogP contribution in [-0.2, 0) is 11.8 Å². The molecule has 0 unspecified atom stereocenters. The highest BCUT2D eigenvalue weighted by atomic mass is 79.9. The van der Waals surface area contributed by atoms with Crippen LogP contribution in [0.5, 0.6) is 0 Å². The lowest BCUT2D eigenvalue weighted by Crippen LogP contribution is -2.22. The molecule has 0 fully saturated rings. The first kappa shape index (κ1) is 16.2. The molecule has 0 spiro atoms. The van der Waals surface area contributed by atoms with Crippen molar-refractivity contribution in [3.8, 4) is 11.4 Å². The average Bonchev–Trinajstić information content (AvgIpc) is 2.77. The predicted octanol–water partition coefficient (Wildman–Crippen LogP) is 3.95. The van der Waals surface area contributed by atoms with Gasteiger partial charge in [0.15, 0.2) is 11.0 Å². The Morgan fingerprint density at radius 2 is 1.95 bits per heavy atom. The normalized spacial score (nSPS) is 11.7. The third kappa shape index (κ3) is 3.74. The highest BCUT2D eigenvalue weighted by Gasteiger charge is 2.22. The van der Waals surface area contributed by atoms with Gasteiger partial charge in [-0.25, -0.2) is 0 Å². The Hall–Kier alpha value is -1.14. The van der Waals surface area contributed by atoms with Gasteiger partial charge in [0.25, 0.3) is 0 Å². The number of ketones is 1. The van der Waals surface area contributed by atoms with E-state index < -0.39 is 0 Å². The van der Waals surface area contributed by atoms with E-state index in [2.05, 4.69) is 26.1 Å². The van der Waals surface area contributed by atoms with Gasteiger partial charge in [-0.05, 0) is 6.07 Å². The van der Waals surface area contributed by atoms with E-state index in [1.807, 2.05) is 56.7 Å². The number of rotatable bonds is 4. The van der Waals surface area contributed by atoms with Gasteiger partial charge >= 0.3 is 0 Å². The minimum absolute atomic E-state index is 0.206. The summed E-state index contributed by atoms with van der Waals surface area (Å²) >= 11 is 4.95. The van der Waals surface area contributed by atoms with Crippen LogP contribution in [0.25, 0.3) is 11.4 Å². The number of benzene rings is 1. The van der Waals surface area contributed by atoms with Crippen LogP contribution < -0.4 is 0 Å². The zero-order valence-corrected chi connectivity index (χ0v) is 15.0. The summed E-state index contributed by atoms with van der Waals surface area (Å²) in [5.74, 6) is 1.40. The first-order valence-electron chi connectivity index (χ1n) is 6.61. The van der Waals surface area contributed by atoms with Gasteiger partial charge in [0.2, 0.25) is 0 Å². The van der Waals surface area contributed by atoms with Gasteiger partial charge < -0.3 is 4.57 Å². The van der Waals surface area contributed by atoms with Crippen molar-refractivity contribution in [1.29, 1.82) is 0 Å². The van der Waals surface area contributed by atoms with Crippen molar-refractivity contribution >= 4 is 33.5 Å². The lowest BCUT2D eigenvalue weighted by molar-refractivity contribution is -0.123. The van der Waals surface area contributed by atoms with E-state index in [-0.39, 0.29) is 11.2 Å². The third-order valence-electron chi connectivity index (χ3n) is 3.12. The number of halogens is 1. The molecule has 1 heterocycles. The summed E-state index contributed by atoms with van der Waals surface area (Å²) in [6, 6.07) is 7.88. The molecule has 0 saturated carbocycles. The summed E-state index contributed by atoms with van der Waals surface area (Å²) in [4.78, 5) is 12.0. The molecule has 0 bridgehead atoms. The number of nitrogens with zero attached hydrogens (tertiary/aromatic N) is 3. The second kappa shape index (κ2) is 6.32. The molecular weight excluding hydrogens is 350 g/mol. The van der Waals surface area contributed by atoms with Crippen LogP contribution in [0.1, 0.15) is 20.8 Å². The Morgan fingerprint density at radius 3 is 2.57 bits per heavy atom. The van der Waals surface area contributed by atoms with Crippen molar-refractivity contribution in [3.63, 3.8) is 0 Å². The predicted molar refractivity (Wildman–Crippen MR) is 89.3 cm³/mol. The van der Waals surface area contributed by atoms with E-state index in [1.54, 1.807) is 0 Å². The SMILES string of the molecule is Cn1c(SCC(=O)C(C)(C)C)nnc1-c1ccccc1Br. The van der Waals surface area contributed by atoms with Gasteiger partial charge in [0.1, 0.15) is 5.78 Å². The maximum absolute atomic E-state index is 12.0. The number of hydrogen-bond acceptors (Lipinski definition) is 4. The molecule has 2 rings (SSSR count). The first-order valence-corrected chi connectivity index (χ1v) is 8.39. The molecule has 0 aliphatic carbocycles. The monoisotopic (exact) mass is 367 g/mol. The molecule has 0 aliphatic heterocycles.